The first-order chi connectivity index (χ1) is 15.0. The van der Waals surface area contributed by atoms with E-state index in [0.29, 0.717) is 17.9 Å². The van der Waals surface area contributed by atoms with Crippen molar-refractivity contribution in [2.45, 2.75) is 47.9 Å². The van der Waals surface area contributed by atoms with Crippen LogP contribution >= 0.6 is 11.6 Å². The fourth-order valence-corrected chi connectivity index (χ4v) is 5.78. The Morgan fingerprint density at radius 3 is 2.38 bits per heavy atom. The molecule has 0 saturated heterocycles. The number of hydrogen-bond acceptors (Lipinski definition) is 7. The van der Waals surface area contributed by atoms with E-state index in [-0.39, 0.29) is 26.7 Å². The second kappa shape index (κ2) is 9.82. The van der Waals surface area contributed by atoms with Crippen molar-refractivity contribution in [2.75, 3.05) is 18.6 Å². The van der Waals surface area contributed by atoms with E-state index in [4.69, 9.17) is 11.6 Å². The third kappa shape index (κ3) is 5.83. The molecular weight excluding hydrogens is 476 g/mol. The van der Waals surface area contributed by atoms with Crippen LogP contribution in [0, 0.1) is 5.92 Å². The molecule has 0 spiro atoms. The number of carbonyl (C=O) groups excluding carboxylic acids is 1. The minimum absolute atomic E-state index is 0.00939. The first-order valence-corrected chi connectivity index (χ1v) is 13.8. The Labute approximate surface area is 193 Å². The molecule has 32 heavy (non-hydrogen) atoms. The van der Waals surface area contributed by atoms with E-state index >= 15 is 0 Å². The minimum atomic E-state index is -3.74. The van der Waals surface area contributed by atoms with Gasteiger partial charge in [0, 0.05) is 6.26 Å². The smallest absolute Gasteiger partial charge is 0.259 e. The molecule has 1 amide bonds. The normalized spacial score (nSPS) is 16.1. The van der Waals surface area contributed by atoms with Gasteiger partial charge in [0.1, 0.15) is 0 Å². The predicted octanol–water partition coefficient (Wildman–Crippen LogP) is 2.74. The number of amides is 1. The highest BCUT2D eigenvalue weighted by atomic mass is 35.5. The van der Waals surface area contributed by atoms with Crippen molar-refractivity contribution in [3.63, 3.8) is 0 Å². The van der Waals surface area contributed by atoms with Crippen molar-refractivity contribution in [2.24, 2.45) is 5.92 Å². The number of carbonyl (C=O) groups is 1. The second-order valence-corrected chi connectivity index (χ2v) is 12.1. The topological polar surface area (TPSA) is 135 Å². The largest absolute Gasteiger partial charge is 0.309 e. The van der Waals surface area contributed by atoms with Crippen LogP contribution < -0.4 is 10.0 Å². The maximum atomic E-state index is 13.2. The highest BCUT2D eigenvalue weighted by molar-refractivity contribution is 7.90. The maximum Gasteiger partial charge on any atom is 0.259 e. The number of nitrogens with one attached hydrogen (secondary N) is 2. The third-order valence-corrected chi connectivity index (χ3v) is 8.42. The number of anilines is 1. The molecule has 0 aliphatic heterocycles. The molecule has 9 nitrogen and oxygen atoms in total. The summed E-state index contributed by atoms with van der Waals surface area (Å²) in [6, 6.07) is 4.54. The quantitative estimate of drug-likeness (QED) is 0.568. The Morgan fingerprint density at radius 2 is 1.84 bits per heavy atom. The number of halogens is 1. The number of nitrogens with zero attached hydrogens (tertiary/aromatic N) is 2. The average molecular weight is 501 g/mol. The average Bonchev–Trinajstić information content (AvgIpc) is 3.24. The molecule has 1 aliphatic carbocycles. The Bertz CT molecular complexity index is 1190. The van der Waals surface area contributed by atoms with E-state index in [9.17, 15) is 21.6 Å². The summed E-state index contributed by atoms with van der Waals surface area (Å²) < 4.78 is 49.5. The van der Waals surface area contributed by atoms with Crippen LogP contribution in [-0.4, -0.2) is 46.0 Å². The number of hydrogen-bond donors (Lipinski definition) is 2. The van der Waals surface area contributed by atoms with Crippen molar-refractivity contribution in [1.29, 1.82) is 0 Å². The summed E-state index contributed by atoms with van der Waals surface area (Å²) in [4.78, 5) is 21.0. The lowest BCUT2D eigenvalue weighted by molar-refractivity contribution is -0.118. The summed E-state index contributed by atoms with van der Waals surface area (Å²) in [5.41, 5.74) is 0.606. The van der Waals surface area contributed by atoms with Crippen molar-refractivity contribution in [3.8, 4) is 0 Å². The molecule has 1 fully saturated rings. The van der Waals surface area contributed by atoms with Gasteiger partial charge < -0.3 is 5.32 Å². The van der Waals surface area contributed by atoms with Gasteiger partial charge in [0.25, 0.3) is 10.0 Å². The summed E-state index contributed by atoms with van der Waals surface area (Å²) >= 11 is 6.22. The van der Waals surface area contributed by atoms with Gasteiger partial charge in [-0.05, 0) is 37.1 Å². The van der Waals surface area contributed by atoms with Crippen molar-refractivity contribution < 1.29 is 21.6 Å². The van der Waals surface area contributed by atoms with E-state index in [0.717, 1.165) is 38.1 Å². The lowest BCUT2D eigenvalue weighted by atomic mass is 9.87. The van der Waals surface area contributed by atoms with Crippen LogP contribution in [0.15, 0.2) is 40.5 Å². The van der Waals surface area contributed by atoms with E-state index in [1.165, 1.54) is 25.4 Å². The number of sulfonamides is 1. The molecule has 1 heterocycles. The van der Waals surface area contributed by atoms with Gasteiger partial charge in [-0.3, -0.25) is 4.79 Å². The Balaban J connectivity index is 1.87. The standard InChI is InChI=1S/C20H25ClN4O5S2/c1-22-32(29,30)19-12-23-18(11-24-19)25-20(26)15(9-13-5-3-4-6-13)14-7-8-17(16(21)10-14)31(2,27)28/h7-8,10-13,15,22H,3-6,9H2,1-2H3,(H,23,25,26). The van der Waals surface area contributed by atoms with Gasteiger partial charge in [0.05, 0.1) is 28.2 Å². The number of sulfone groups is 1. The molecule has 1 aromatic carbocycles. The number of aromatic nitrogens is 2. The summed E-state index contributed by atoms with van der Waals surface area (Å²) in [7, 11) is -5.97. The van der Waals surface area contributed by atoms with E-state index in [1.807, 2.05) is 0 Å². The second-order valence-electron chi connectivity index (χ2n) is 7.84. The molecule has 12 heteroatoms. The SMILES string of the molecule is CNS(=O)(=O)c1cnc(NC(=O)C(CC2CCCC2)c2ccc(S(C)(=O)=O)c(Cl)c2)cn1. The lowest BCUT2D eigenvalue weighted by Crippen LogP contribution is -2.24. The van der Waals surface area contributed by atoms with Gasteiger partial charge in [-0.15, -0.1) is 0 Å². The van der Waals surface area contributed by atoms with Crippen LogP contribution in [0.25, 0.3) is 0 Å². The monoisotopic (exact) mass is 500 g/mol. The van der Waals surface area contributed by atoms with Crippen LogP contribution in [0.1, 0.15) is 43.6 Å². The van der Waals surface area contributed by atoms with Gasteiger partial charge in [-0.25, -0.2) is 31.5 Å². The Kier molecular flexibility index (Phi) is 7.53. The number of rotatable bonds is 8. The highest BCUT2D eigenvalue weighted by Crippen LogP contribution is 2.36. The van der Waals surface area contributed by atoms with Crippen LogP contribution in [0.3, 0.4) is 0 Å². The van der Waals surface area contributed by atoms with Crippen LogP contribution in [0.2, 0.25) is 5.02 Å². The van der Waals surface area contributed by atoms with E-state index in [1.54, 1.807) is 6.07 Å². The first-order valence-electron chi connectivity index (χ1n) is 10.1. The molecule has 1 aliphatic rings. The molecule has 1 atom stereocenters. The predicted molar refractivity (Wildman–Crippen MR) is 121 cm³/mol. The summed E-state index contributed by atoms with van der Waals surface area (Å²) in [6.45, 7) is 0. The van der Waals surface area contributed by atoms with Gasteiger partial charge in [-0.1, -0.05) is 43.4 Å². The van der Waals surface area contributed by atoms with Gasteiger partial charge in [0.15, 0.2) is 20.7 Å². The Morgan fingerprint density at radius 1 is 1.16 bits per heavy atom. The van der Waals surface area contributed by atoms with Crippen LogP contribution in [-0.2, 0) is 24.7 Å². The first kappa shape index (κ1) is 24.6. The zero-order chi connectivity index (χ0) is 23.5. The number of benzene rings is 1. The third-order valence-electron chi connectivity index (χ3n) is 5.54. The molecule has 0 radical (unpaired) electrons. The Hall–Kier alpha value is -2.08. The van der Waals surface area contributed by atoms with E-state index < -0.39 is 25.8 Å². The van der Waals surface area contributed by atoms with Gasteiger partial charge in [0.2, 0.25) is 5.91 Å². The molecule has 1 saturated carbocycles. The molecule has 1 unspecified atom stereocenters. The van der Waals surface area contributed by atoms with Crippen molar-refractivity contribution >= 4 is 43.2 Å². The molecule has 1 aromatic heterocycles. The zero-order valence-electron chi connectivity index (χ0n) is 17.7. The van der Waals surface area contributed by atoms with Crippen LogP contribution in [0.5, 0.6) is 0 Å². The van der Waals surface area contributed by atoms with Crippen molar-refractivity contribution in [3.05, 3.63) is 41.2 Å². The highest BCUT2D eigenvalue weighted by Gasteiger charge is 2.28. The molecular formula is C20H25ClN4O5S2. The fourth-order valence-electron chi connectivity index (χ4n) is 3.85. The molecule has 2 N–H and O–H groups in total. The van der Waals surface area contributed by atoms with Crippen molar-refractivity contribution in [1.82, 2.24) is 14.7 Å². The fraction of sp³-hybridized carbons (Fsp3) is 0.450. The van der Waals surface area contributed by atoms with Crippen LogP contribution in [0.4, 0.5) is 5.82 Å². The van der Waals surface area contributed by atoms with Gasteiger partial charge in [-0.2, -0.15) is 0 Å². The molecule has 0 bridgehead atoms. The van der Waals surface area contributed by atoms with E-state index in [2.05, 4.69) is 20.0 Å². The summed E-state index contributed by atoms with van der Waals surface area (Å²) in [5, 5.41) is 2.49. The zero-order valence-corrected chi connectivity index (χ0v) is 20.1. The maximum absolute atomic E-state index is 13.2. The molecule has 2 aromatic rings. The lowest BCUT2D eigenvalue weighted by Gasteiger charge is -2.21. The minimum Gasteiger partial charge on any atom is -0.309 e. The summed E-state index contributed by atoms with van der Waals surface area (Å²) in [6.07, 6.45) is 8.16. The van der Waals surface area contributed by atoms with Gasteiger partial charge >= 0.3 is 0 Å². The molecule has 174 valence electrons. The molecule has 3 rings (SSSR count). The summed E-state index contributed by atoms with van der Waals surface area (Å²) in [5.74, 6) is -0.445.